The molecular formula is C31H32F5N7OS. The number of anilines is 2. The van der Waals surface area contributed by atoms with Crippen molar-refractivity contribution in [2.75, 3.05) is 56.5 Å². The third kappa shape index (κ3) is 4.70. The Morgan fingerprint density at radius 2 is 1.80 bits per heavy atom. The molecule has 3 N–H and O–H groups in total. The van der Waals surface area contributed by atoms with E-state index in [1.807, 2.05) is 4.90 Å². The highest BCUT2D eigenvalue weighted by molar-refractivity contribution is 7.22. The molecule has 8 nitrogen and oxygen atoms in total. The number of thiazole rings is 1. The summed E-state index contributed by atoms with van der Waals surface area (Å²) in [4.78, 5) is 17.6. The van der Waals surface area contributed by atoms with Gasteiger partial charge >= 0.3 is 12.2 Å². The Bertz CT molecular complexity index is 1810. The average Bonchev–Trinajstić information content (AvgIpc) is 3.83. The van der Waals surface area contributed by atoms with Crippen molar-refractivity contribution in [2.24, 2.45) is 5.41 Å². The molecule has 14 heteroatoms. The van der Waals surface area contributed by atoms with Crippen molar-refractivity contribution in [1.82, 2.24) is 25.2 Å². The molecule has 2 aromatic heterocycles. The van der Waals surface area contributed by atoms with Crippen molar-refractivity contribution in [3.63, 3.8) is 0 Å². The average molecular weight is 646 g/mol. The number of nitrogens with one attached hydrogen (secondary N) is 1. The predicted molar refractivity (Wildman–Crippen MR) is 162 cm³/mol. The lowest BCUT2D eigenvalue weighted by molar-refractivity contribution is -0.137. The molecule has 4 fully saturated rings. The summed E-state index contributed by atoms with van der Waals surface area (Å²) >= 11 is 0.793. The van der Waals surface area contributed by atoms with E-state index in [0.717, 1.165) is 94.2 Å². The van der Waals surface area contributed by atoms with Gasteiger partial charge < -0.3 is 20.7 Å². The molecule has 45 heavy (non-hydrogen) atoms. The van der Waals surface area contributed by atoms with Gasteiger partial charge in [-0.1, -0.05) is 11.3 Å². The fourth-order valence-corrected chi connectivity index (χ4v) is 8.86. The molecule has 0 aliphatic carbocycles. The minimum absolute atomic E-state index is 0.0267. The molecule has 4 aliphatic heterocycles. The Labute approximate surface area is 259 Å². The van der Waals surface area contributed by atoms with Crippen LogP contribution in [0, 0.1) is 17.0 Å². The smallest absolute Gasteiger partial charge is 0.417 e. The van der Waals surface area contributed by atoms with Gasteiger partial charge in [-0.15, -0.1) is 0 Å². The number of aromatic nitrogens is 3. The van der Waals surface area contributed by atoms with Gasteiger partial charge in [0.05, 0.1) is 21.3 Å². The van der Waals surface area contributed by atoms with E-state index in [4.69, 9.17) is 10.5 Å². The van der Waals surface area contributed by atoms with Crippen molar-refractivity contribution in [3.05, 3.63) is 35.4 Å². The van der Waals surface area contributed by atoms with Crippen LogP contribution in [0.3, 0.4) is 0 Å². The first-order valence-corrected chi connectivity index (χ1v) is 16.2. The first-order chi connectivity index (χ1) is 21.6. The van der Waals surface area contributed by atoms with E-state index in [2.05, 4.69) is 25.2 Å². The zero-order valence-corrected chi connectivity index (χ0v) is 25.3. The third-order valence-corrected chi connectivity index (χ3v) is 11.2. The number of nitrogens with zero attached hydrogens (tertiary/aromatic N) is 5. The van der Waals surface area contributed by atoms with Crippen molar-refractivity contribution in [2.45, 2.75) is 50.2 Å². The molecule has 1 atom stereocenters. The van der Waals surface area contributed by atoms with Crippen molar-refractivity contribution in [1.29, 1.82) is 0 Å². The van der Waals surface area contributed by atoms with E-state index in [1.54, 1.807) is 0 Å². The molecule has 0 saturated carbocycles. The van der Waals surface area contributed by atoms with E-state index in [9.17, 15) is 17.6 Å². The molecule has 0 radical (unpaired) electrons. The molecule has 238 valence electrons. The van der Waals surface area contributed by atoms with Crippen LogP contribution in [0.5, 0.6) is 6.01 Å². The van der Waals surface area contributed by atoms with Crippen LogP contribution in [0.2, 0.25) is 0 Å². The summed E-state index contributed by atoms with van der Waals surface area (Å²) in [5.74, 6) is -1.66. The Hall–Kier alpha value is -3.36. The molecule has 4 aliphatic rings. The van der Waals surface area contributed by atoms with Gasteiger partial charge in [0.15, 0.2) is 10.9 Å². The number of rotatable bonds is 5. The summed E-state index contributed by atoms with van der Waals surface area (Å²) < 4.78 is 82.1. The summed E-state index contributed by atoms with van der Waals surface area (Å²) in [6, 6.07) is 2.97. The Balaban J connectivity index is 1.32. The summed E-state index contributed by atoms with van der Waals surface area (Å²) in [5, 5.41) is 3.31. The molecule has 0 amide bonds. The van der Waals surface area contributed by atoms with Crippen LogP contribution in [0.25, 0.3) is 32.2 Å². The van der Waals surface area contributed by atoms with E-state index in [-0.39, 0.29) is 54.6 Å². The van der Waals surface area contributed by atoms with E-state index >= 15 is 4.39 Å². The van der Waals surface area contributed by atoms with Gasteiger partial charge in [0, 0.05) is 41.6 Å². The van der Waals surface area contributed by atoms with Crippen LogP contribution in [0.15, 0.2) is 18.2 Å². The molecular weight excluding hydrogens is 613 g/mol. The number of hydrogen-bond acceptors (Lipinski definition) is 9. The van der Waals surface area contributed by atoms with Gasteiger partial charge in [-0.3, -0.25) is 4.90 Å². The first kappa shape index (κ1) is 29.1. The molecule has 1 spiro atoms. The molecule has 0 bridgehead atoms. The molecule has 6 heterocycles. The zero-order chi connectivity index (χ0) is 31.1. The van der Waals surface area contributed by atoms with Gasteiger partial charge in [0.1, 0.15) is 23.8 Å². The SMILES string of the molecule is Nc1nc2c(-c3c(C(F)(F)F)cc4c(N5CCC6(CCNC6)C5)nc(OCC56CCCN5CCC6)nc4c3F)ccc(F)c2s1. The lowest BCUT2D eigenvalue weighted by Crippen LogP contribution is -2.43. The Morgan fingerprint density at radius 3 is 2.53 bits per heavy atom. The Kier molecular flexibility index (Phi) is 6.67. The standard InChI is InChI=1S/C31H32F5N7OS/c32-20-4-3-17(24-25(20)45-27(37)39-24)21-19(31(34,35)36)13-18-23(22(21)33)40-28(44-16-30-5-1-10-43(30)11-2-6-30)41-26(18)42-12-8-29(15-42)7-9-38-14-29/h3-4,13,38H,1-2,5-12,14-16H2,(H2,37,39). The summed E-state index contributed by atoms with van der Waals surface area (Å²) in [6.45, 7) is 5.10. The third-order valence-electron chi connectivity index (χ3n) is 10.3. The second kappa shape index (κ2) is 10.3. The number of fused-ring (bicyclic) bond motifs is 3. The van der Waals surface area contributed by atoms with Crippen molar-refractivity contribution in [3.8, 4) is 17.1 Å². The Morgan fingerprint density at radius 1 is 1.00 bits per heavy atom. The predicted octanol–water partition coefficient (Wildman–Crippen LogP) is 5.98. The lowest BCUT2D eigenvalue weighted by atomic mass is 9.86. The van der Waals surface area contributed by atoms with Gasteiger partial charge in [-0.25, -0.2) is 13.8 Å². The highest BCUT2D eigenvalue weighted by Crippen LogP contribution is 2.47. The summed E-state index contributed by atoms with van der Waals surface area (Å²) in [6.07, 6.45) is 0.891. The minimum atomic E-state index is -4.95. The topological polar surface area (TPSA) is 92.4 Å². The highest BCUT2D eigenvalue weighted by Gasteiger charge is 2.46. The van der Waals surface area contributed by atoms with Crippen LogP contribution >= 0.6 is 11.3 Å². The van der Waals surface area contributed by atoms with E-state index in [0.29, 0.717) is 19.7 Å². The van der Waals surface area contributed by atoms with Crippen LogP contribution in [-0.2, 0) is 6.18 Å². The number of benzene rings is 2. The van der Waals surface area contributed by atoms with Crippen LogP contribution in [0.1, 0.15) is 44.1 Å². The van der Waals surface area contributed by atoms with E-state index < -0.39 is 28.9 Å². The fraction of sp³-hybridized carbons (Fsp3) is 0.516. The van der Waals surface area contributed by atoms with Crippen LogP contribution < -0.4 is 20.7 Å². The second-order valence-corrected chi connectivity index (χ2v) is 14.0. The highest BCUT2D eigenvalue weighted by atomic mass is 32.1. The fourth-order valence-electron chi connectivity index (χ4n) is 8.10. The monoisotopic (exact) mass is 645 g/mol. The van der Waals surface area contributed by atoms with Gasteiger partial charge in [0.2, 0.25) is 0 Å². The van der Waals surface area contributed by atoms with Gasteiger partial charge in [-0.05, 0) is 76.4 Å². The summed E-state index contributed by atoms with van der Waals surface area (Å²) in [5.41, 5.74) is 3.05. The number of nitrogens with two attached hydrogens (primary N) is 1. The second-order valence-electron chi connectivity index (χ2n) is 13.0. The minimum Gasteiger partial charge on any atom is -0.461 e. The van der Waals surface area contributed by atoms with Crippen molar-refractivity contribution >= 4 is 43.4 Å². The molecule has 8 rings (SSSR count). The maximum Gasteiger partial charge on any atom is 0.417 e. The van der Waals surface area contributed by atoms with Gasteiger partial charge in [-0.2, -0.15) is 23.1 Å². The maximum absolute atomic E-state index is 16.8. The number of alkyl halides is 3. The normalized spacial score (nSPS) is 23.3. The van der Waals surface area contributed by atoms with Gasteiger partial charge in [0.25, 0.3) is 0 Å². The largest absolute Gasteiger partial charge is 0.461 e. The van der Waals surface area contributed by atoms with Crippen LogP contribution in [0.4, 0.5) is 32.9 Å². The zero-order valence-electron chi connectivity index (χ0n) is 24.4. The first-order valence-electron chi connectivity index (χ1n) is 15.4. The van der Waals surface area contributed by atoms with E-state index in [1.165, 1.54) is 0 Å². The summed E-state index contributed by atoms with van der Waals surface area (Å²) in [7, 11) is 0. The molecule has 4 aromatic rings. The van der Waals surface area contributed by atoms with Crippen LogP contribution in [-0.4, -0.2) is 71.3 Å². The number of ether oxygens (including phenoxy) is 1. The lowest BCUT2D eigenvalue weighted by Gasteiger charge is -2.31. The number of halogens is 5. The molecule has 4 saturated heterocycles. The molecule has 2 aromatic carbocycles. The number of hydrogen-bond donors (Lipinski definition) is 2. The maximum atomic E-state index is 16.8. The van der Waals surface area contributed by atoms with Crippen molar-refractivity contribution < 1.29 is 26.7 Å². The quantitative estimate of drug-likeness (QED) is 0.256. The molecule has 1 unspecified atom stereocenters. The number of nitrogen functional groups attached to an aromatic ring is 1.